The number of para-hydroxylation sites is 1. The molecule has 0 aliphatic carbocycles. The number of methoxy groups -OCH3 is 2. The number of unbranched alkanes of at least 4 members (excludes halogenated alkanes) is 3. The molecule has 1 aliphatic heterocycles. The first kappa shape index (κ1) is 18.9. The highest BCUT2D eigenvalue weighted by Crippen LogP contribution is 2.36. The van der Waals surface area contributed by atoms with Crippen molar-refractivity contribution in [3.05, 3.63) is 18.2 Å². The number of hydrogen-bond donors (Lipinski definition) is 1. The molecule has 24 heavy (non-hydrogen) atoms. The molecule has 0 radical (unpaired) electrons. The maximum absolute atomic E-state index is 5.87. The van der Waals surface area contributed by atoms with Crippen LogP contribution in [-0.4, -0.2) is 46.6 Å². The highest BCUT2D eigenvalue weighted by molar-refractivity contribution is 5.51. The Hall–Kier alpha value is -1.46. The summed E-state index contributed by atoms with van der Waals surface area (Å²) in [6.45, 7) is 3.96. The topological polar surface area (TPSA) is 53.5 Å². The molecule has 0 aromatic heterocycles. The molecule has 1 aliphatic rings. The van der Waals surface area contributed by atoms with Gasteiger partial charge in [-0.2, -0.15) is 0 Å². The van der Waals surface area contributed by atoms with Crippen molar-refractivity contribution in [1.82, 2.24) is 0 Å². The molecular weight excluding hydrogens is 306 g/mol. The van der Waals surface area contributed by atoms with Crippen molar-refractivity contribution in [1.29, 1.82) is 0 Å². The van der Waals surface area contributed by atoms with E-state index in [9.17, 15) is 0 Å². The minimum atomic E-state index is 0.495. The van der Waals surface area contributed by atoms with Gasteiger partial charge in [-0.3, -0.25) is 0 Å². The highest BCUT2D eigenvalue weighted by atomic mass is 16.5. The lowest BCUT2D eigenvalue weighted by Gasteiger charge is -2.14. The lowest BCUT2D eigenvalue weighted by atomic mass is 10.2. The Kier molecular flexibility index (Phi) is 8.77. The first-order chi connectivity index (χ1) is 11.8. The molecule has 0 spiro atoms. The number of quaternary nitrogens is 1. The van der Waals surface area contributed by atoms with Crippen LogP contribution in [0.1, 0.15) is 38.5 Å². The Bertz CT molecular complexity index is 438. The van der Waals surface area contributed by atoms with E-state index in [1.54, 1.807) is 14.2 Å². The van der Waals surface area contributed by atoms with E-state index in [2.05, 4.69) is 5.32 Å². The smallest absolute Gasteiger partial charge is 0.203 e. The number of nitrogens with two attached hydrogens (primary N) is 1. The zero-order valence-electron chi connectivity index (χ0n) is 15.1. The van der Waals surface area contributed by atoms with E-state index >= 15 is 0 Å². The molecule has 1 fully saturated rings. The fraction of sp³-hybridized carbons (Fsp3) is 0.684. The Morgan fingerprint density at radius 3 is 2.50 bits per heavy atom. The van der Waals surface area contributed by atoms with Gasteiger partial charge in [0.15, 0.2) is 11.5 Å². The van der Waals surface area contributed by atoms with Crippen LogP contribution in [-0.2, 0) is 4.74 Å². The van der Waals surface area contributed by atoms with Gasteiger partial charge in [0.1, 0.15) is 12.6 Å². The van der Waals surface area contributed by atoms with Gasteiger partial charge in [-0.1, -0.05) is 6.07 Å². The minimum Gasteiger partial charge on any atom is -0.493 e. The van der Waals surface area contributed by atoms with Gasteiger partial charge in [0.25, 0.3) is 0 Å². The van der Waals surface area contributed by atoms with Crippen LogP contribution in [0.2, 0.25) is 0 Å². The van der Waals surface area contributed by atoms with Crippen molar-refractivity contribution in [2.45, 2.75) is 44.6 Å². The number of rotatable bonds is 12. The summed E-state index contributed by atoms with van der Waals surface area (Å²) in [5.41, 5.74) is 0. The SMILES string of the molecule is COc1cccc(OC)c1OCCCCCC[NH2+]C[C@@H]1CCCO1. The number of hydrogen-bond acceptors (Lipinski definition) is 4. The van der Waals surface area contributed by atoms with Crippen LogP contribution < -0.4 is 19.5 Å². The van der Waals surface area contributed by atoms with Gasteiger partial charge in [-0.15, -0.1) is 0 Å². The predicted molar refractivity (Wildman–Crippen MR) is 94.1 cm³/mol. The van der Waals surface area contributed by atoms with Gasteiger partial charge in [0, 0.05) is 6.61 Å². The van der Waals surface area contributed by atoms with Crippen molar-refractivity contribution in [2.24, 2.45) is 0 Å². The average Bonchev–Trinajstić information content (AvgIpc) is 3.13. The van der Waals surface area contributed by atoms with Gasteiger partial charge < -0.3 is 24.3 Å². The summed E-state index contributed by atoms with van der Waals surface area (Å²) in [7, 11) is 3.30. The summed E-state index contributed by atoms with van der Waals surface area (Å²) in [6.07, 6.45) is 7.70. The van der Waals surface area contributed by atoms with E-state index in [0.29, 0.717) is 18.5 Å². The van der Waals surface area contributed by atoms with E-state index in [-0.39, 0.29) is 0 Å². The maximum atomic E-state index is 5.87. The first-order valence-corrected chi connectivity index (χ1v) is 9.12. The fourth-order valence-corrected chi connectivity index (χ4v) is 3.01. The van der Waals surface area contributed by atoms with Gasteiger partial charge >= 0.3 is 0 Å². The van der Waals surface area contributed by atoms with Gasteiger partial charge in [0.2, 0.25) is 5.75 Å². The Labute approximate surface area is 145 Å². The molecule has 0 unspecified atom stereocenters. The summed E-state index contributed by atoms with van der Waals surface area (Å²) in [5, 5.41) is 2.40. The van der Waals surface area contributed by atoms with Crippen LogP contribution in [0.15, 0.2) is 18.2 Å². The van der Waals surface area contributed by atoms with Crippen LogP contribution in [0, 0.1) is 0 Å². The standard InChI is InChI=1S/C19H31NO4/c1-21-17-10-7-11-18(22-2)19(17)24-13-6-4-3-5-12-20-15-16-9-8-14-23-16/h7,10-11,16,20H,3-6,8-9,12-15H2,1-2H3/p+1/t16-/m0/s1. The number of benzene rings is 1. The summed E-state index contributed by atoms with van der Waals surface area (Å²) in [5.74, 6) is 2.14. The number of ether oxygens (including phenoxy) is 4. The van der Waals surface area contributed by atoms with Crippen LogP contribution >= 0.6 is 0 Å². The van der Waals surface area contributed by atoms with Crippen LogP contribution in [0.4, 0.5) is 0 Å². The fourth-order valence-electron chi connectivity index (χ4n) is 3.01. The second-order valence-corrected chi connectivity index (χ2v) is 6.20. The molecule has 136 valence electrons. The van der Waals surface area contributed by atoms with Crippen molar-refractivity contribution < 1.29 is 24.3 Å². The molecule has 1 aromatic carbocycles. The summed E-state index contributed by atoms with van der Waals surface area (Å²) >= 11 is 0. The third-order valence-electron chi connectivity index (χ3n) is 4.39. The molecule has 1 aromatic rings. The average molecular weight is 338 g/mol. The zero-order valence-corrected chi connectivity index (χ0v) is 15.1. The van der Waals surface area contributed by atoms with Crippen molar-refractivity contribution >= 4 is 0 Å². The normalized spacial score (nSPS) is 17.0. The second kappa shape index (κ2) is 11.2. The lowest BCUT2D eigenvalue weighted by Crippen LogP contribution is -2.86. The molecular formula is C19H32NO4+. The Balaban J connectivity index is 1.52. The van der Waals surface area contributed by atoms with Gasteiger partial charge in [0.05, 0.1) is 27.4 Å². The Morgan fingerprint density at radius 1 is 1.08 bits per heavy atom. The highest BCUT2D eigenvalue weighted by Gasteiger charge is 2.16. The minimum absolute atomic E-state index is 0.495. The molecule has 1 heterocycles. The van der Waals surface area contributed by atoms with Crippen LogP contribution in [0.3, 0.4) is 0 Å². The van der Waals surface area contributed by atoms with Crippen molar-refractivity contribution in [3.63, 3.8) is 0 Å². The summed E-state index contributed by atoms with van der Waals surface area (Å²) in [6, 6.07) is 5.68. The molecule has 0 bridgehead atoms. The van der Waals surface area contributed by atoms with Crippen LogP contribution in [0.25, 0.3) is 0 Å². The van der Waals surface area contributed by atoms with E-state index in [4.69, 9.17) is 18.9 Å². The molecule has 0 amide bonds. The molecule has 2 N–H and O–H groups in total. The lowest BCUT2D eigenvalue weighted by molar-refractivity contribution is -0.661. The van der Waals surface area contributed by atoms with E-state index in [0.717, 1.165) is 31.1 Å². The van der Waals surface area contributed by atoms with Crippen molar-refractivity contribution in [2.75, 3.05) is 40.5 Å². The molecule has 0 saturated carbocycles. The predicted octanol–water partition coefficient (Wildman–Crippen LogP) is 2.39. The third kappa shape index (κ3) is 6.21. The summed E-state index contributed by atoms with van der Waals surface area (Å²) < 4.78 is 22.2. The molecule has 1 saturated heterocycles. The van der Waals surface area contributed by atoms with Gasteiger partial charge in [-0.25, -0.2) is 0 Å². The molecule has 5 heteroatoms. The quantitative estimate of drug-likeness (QED) is 0.595. The van der Waals surface area contributed by atoms with E-state index in [1.165, 1.54) is 38.6 Å². The Morgan fingerprint density at radius 2 is 1.83 bits per heavy atom. The summed E-state index contributed by atoms with van der Waals surface area (Å²) in [4.78, 5) is 0. The maximum Gasteiger partial charge on any atom is 0.203 e. The van der Waals surface area contributed by atoms with Gasteiger partial charge in [-0.05, 0) is 50.7 Å². The monoisotopic (exact) mass is 338 g/mol. The molecule has 1 atom stereocenters. The zero-order chi connectivity index (χ0) is 17.0. The van der Waals surface area contributed by atoms with Crippen molar-refractivity contribution in [3.8, 4) is 17.2 Å². The van der Waals surface area contributed by atoms with E-state index in [1.807, 2.05) is 18.2 Å². The van der Waals surface area contributed by atoms with Crippen LogP contribution in [0.5, 0.6) is 17.2 Å². The molecule has 2 rings (SSSR count). The third-order valence-corrected chi connectivity index (χ3v) is 4.39. The molecule has 5 nitrogen and oxygen atoms in total. The largest absolute Gasteiger partial charge is 0.493 e. The first-order valence-electron chi connectivity index (χ1n) is 9.12. The second-order valence-electron chi connectivity index (χ2n) is 6.20. The van der Waals surface area contributed by atoms with E-state index < -0.39 is 0 Å².